The summed E-state index contributed by atoms with van der Waals surface area (Å²) in [4.78, 5) is 14.8. The van der Waals surface area contributed by atoms with Gasteiger partial charge in [-0.05, 0) is 18.2 Å². The van der Waals surface area contributed by atoms with Crippen LogP contribution < -0.4 is 10.1 Å². The third-order valence-electron chi connectivity index (χ3n) is 5.57. The highest BCUT2D eigenvalue weighted by Gasteiger charge is 2.19. The van der Waals surface area contributed by atoms with Crippen LogP contribution in [-0.4, -0.2) is 59.4 Å². The number of nitrogens with zero attached hydrogens (tertiary/aromatic N) is 4. The van der Waals surface area contributed by atoms with Crippen LogP contribution in [0.25, 0.3) is 6.08 Å². The van der Waals surface area contributed by atoms with Gasteiger partial charge in [0.15, 0.2) is 11.6 Å². The molecule has 0 atom stereocenters. The lowest BCUT2D eigenvalue weighted by molar-refractivity contribution is 0.0913. The van der Waals surface area contributed by atoms with Gasteiger partial charge in [-0.3, -0.25) is 9.69 Å². The number of carbonyl (C=O) groups excluding carboxylic acids is 1. The Kier molecular flexibility index (Phi) is 7.54. The molecule has 4 rings (SSSR count). The van der Waals surface area contributed by atoms with Crippen molar-refractivity contribution in [1.82, 2.24) is 25.0 Å². The molecule has 2 aromatic heterocycles. The minimum absolute atomic E-state index is 0.255. The molecule has 0 spiro atoms. The molecule has 33 heavy (non-hydrogen) atoms. The summed E-state index contributed by atoms with van der Waals surface area (Å²) in [7, 11) is 3.27. The molecule has 3 aromatic rings. The summed E-state index contributed by atoms with van der Waals surface area (Å²) in [6.45, 7) is 4.01. The zero-order chi connectivity index (χ0) is 23.0. The number of benzene rings is 1. The molecular weight excluding hydrogens is 422 g/mol. The first-order chi connectivity index (χ1) is 16.2. The van der Waals surface area contributed by atoms with E-state index in [-0.39, 0.29) is 11.7 Å². The summed E-state index contributed by atoms with van der Waals surface area (Å²) in [6, 6.07) is 11.4. The van der Waals surface area contributed by atoms with E-state index in [1.165, 1.54) is 0 Å². The first-order valence-electron chi connectivity index (χ1n) is 11.0. The van der Waals surface area contributed by atoms with Gasteiger partial charge >= 0.3 is 0 Å². The third-order valence-corrected chi connectivity index (χ3v) is 5.57. The van der Waals surface area contributed by atoms with Crippen molar-refractivity contribution in [3.63, 3.8) is 0 Å². The predicted molar refractivity (Wildman–Crippen MR) is 123 cm³/mol. The number of fused-ring (bicyclic) bond motifs is 1. The number of furan rings is 1. The maximum atomic E-state index is 12.4. The van der Waals surface area contributed by atoms with Crippen LogP contribution >= 0.6 is 0 Å². The van der Waals surface area contributed by atoms with Gasteiger partial charge in [-0.25, -0.2) is 0 Å². The molecule has 0 radical (unpaired) electrons. The lowest BCUT2D eigenvalue weighted by atomic mass is 10.2. The van der Waals surface area contributed by atoms with E-state index >= 15 is 0 Å². The molecular formula is C24H29N5O4. The predicted octanol–water partition coefficient (Wildman–Crippen LogP) is 2.53. The molecule has 1 N–H and O–H groups in total. The van der Waals surface area contributed by atoms with Gasteiger partial charge in [0, 0.05) is 45.3 Å². The van der Waals surface area contributed by atoms with Crippen molar-refractivity contribution in [3.05, 3.63) is 71.2 Å². The minimum atomic E-state index is -0.286. The summed E-state index contributed by atoms with van der Waals surface area (Å²) < 4.78 is 18.0. The van der Waals surface area contributed by atoms with Crippen molar-refractivity contribution >= 4 is 12.0 Å². The standard InChI is InChI=1S/C24H29N5O4/c1-31-17-19-9-10-21(33-19)24(30)25-16-23-27-26-22-11-13-28(14-15-29(22)23)12-5-7-18-6-3-4-8-20(18)32-2/h3-10H,11-17H2,1-2H3,(H,25,30)/b7-5+. The van der Waals surface area contributed by atoms with Gasteiger partial charge in [-0.1, -0.05) is 30.4 Å². The maximum Gasteiger partial charge on any atom is 0.287 e. The highest BCUT2D eigenvalue weighted by atomic mass is 16.5. The molecule has 3 heterocycles. The highest BCUT2D eigenvalue weighted by molar-refractivity contribution is 5.91. The Balaban J connectivity index is 1.31. The van der Waals surface area contributed by atoms with E-state index in [0.717, 1.165) is 55.6 Å². The first-order valence-corrected chi connectivity index (χ1v) is 11.0. The lowest BCUT2D eigenvalue weighted by Gasteiger charge is -2.17. The molecule has 0 unspecified atom stereocenters. The largest absolute Gasteiger partial charge is 0.496 e. The van der Waals surface area contributed by atoms with E-state index in [1.54, 1.807) is 26.4 Å². The zero-order valence-electron chi connectivity index (χ0n) is 19.0. The van der Waals surface area contributed by atoms with Crippen LogP contribution in [0.4, 0.5) is 0 Å². The average molecular weight is 452 g/mol. The van der Waals surface area contributed by atoms with Crippen molar-refractivity contribution in [1.29, 1.82) is 0 Å². The molecule has 0 saturated carbocycles. The number of aromatic nitrogens is 3. The summed E-state index contributed by atoms with van der Waals surface area (Å²) in [6.07, 6.45) is 5.06. The summed E-state index contributed by atoms with van der Waals surface area (Å²) in [5.41, 5.74) is 1.07. The summed E-state index contributed by atoms with van der Waals surface area (Å²) in [5.74, 6) is 3.13. The summed E-state index contributed by atoms with van der Waals surface area (Å²) in [5, 5.41) is 11.5. The number of carbonyl (C=O) groups is 1. The van der Waals surface area contributed by atoms with Crippen LogP contribution in [-0.2, 0) is 30.9 Å². The van der Waals surface area contributed by atoms with Crippen molar-refractivity contribution in [2.45, 2.75) is 26.1 Å². The number of methoxy groups -OCH3 is 2. The molecule has 0 bridgehead atoms. The van der Waals surface area contributed by atoms with Gasteiger partial charge in [0.25, 0.3) is 5.91 Å². The Labute approximate surface area is 193 Å². The second kappa shape index (κ2) is 10.9. The van der Waals surface area contributed by atoms with E-state index < -0.39 is 0 Å². The Bertz CT molecular complexity index is 1100. The van der Waals surface area contributed by atoms with Gasteiger partial charge < -0.3 is 23.8 Å². The summed E-state index contributed by atoms with van der Waals surface area (Å²) >= 11 is 0. The van der Waals surface area contributed by atoms with Gasteiger partial charge in [-0.15, -0.1) is 10.2 Å². The Morgan fingerprint density at radius 2 is 2.03 bits per heavy atom. The number of ether oxygens (including phenoxy) is 2. The van der Waals surface area contributed by atoms with Gasteiger partial charge in [0.2, 0.25) is 0 Å². The van der Waals surface area contributed by atoms with Crippen LogP contribution in [0.5, 0.6) is 5.75 Å². The minimum Gasteiger partial charge on any atom is -0.496 e. The molecule has 9 heteroatoms. The second-order valence-corrected chi connectivity index (χ2v) is 7.76. The fraction of sp³-hybridized carbons (Fsp3) is 0.375. The van der Waals surface area contributed by atoms with E-state index in [2.05, 4.69) is 37.1 Å². The quantitative estimate of drug-likeness (QED) is 0.534. The molecule has 0 aliphatic carbocycles. The van der Waals surface area contributed by atoms with Crippen molar-refractivity contribution in [3.8, 4) is 5.75 Å². The van der Waals surface area contributed by atoms with E-state index in [1.807, 2.05) is 24.3 Å². The van der Waals surface area contributed by atoms with Crippen molar-refractivity contribution in [2.75, 3.05) is 33.9 Å². The van der Waals surface area contributed by atoms with Gasteiger partial charge in [-0.2, -0.15) is 0 Å². The molecule has 1 aliphatic heterocycles. The molecule has 174 valence electrons. The molecule has 1 aliphatic rings. The Hall–Kier alpha value is -3.43. The van der Waals surface area contributed by atoms with Gasteiger partial charge in [0.05, 0.1) is 13.7 Å². The van der Waals surface area contributed by atoms with Crippen LogP contribution in [0.2, 0.25) is 0 Å². The number of hydrogen-bond acceptors (Lipinski definition) is 7. The van der Waals surface area contributed by atoms with E-state index in [4.69, 9.17) is 13.9 Å². The van der Waals surface area contributed by atoms with Crippen LogP contribution in [0.3, 0.4) is 0 Å². The average Bonchev–Trinajstić information content (AvgIpc) is 3.41. The topological polar surface area (TPSA) is 94.6 Å². The lowest BCUT2D eigenvalue weighted by Crippen LogP contribution is -2.28. The molecule has 0 saturated heterocycles. The molecule has 1 amide bonds. The number of amides is 1. The maximum absolute atomic E-state index is 12.4. The smallest absolute Gasteiger partial charge is 0.287 e. The van der Waals surface area contributed by atoms with Crippen molar-refractivity contribution in [2.24, 2.45) is 0 Å². The van der Waals surface area contributed by atoms with Crippen LogP contribution in [0.15, 0.2) is 46.9 Å². The number of hydrogen-bond donors (Lipinski definition) is 1. The Morgan fingerprint density at radius 3 is 2.88 bits per heavy atom. The number of para-hydroxylation sites is 1. The second-order valence-electron chi connectivity index (χ2n) is 7.76. The van der Waals surface area contributed by atoms with E-state index in [0.29, 0.717) is 18.9 Å². The molecule has 0 fully saturated rings. The van der Waals surface area contributed by atoms with Gasteiger partial charge in [0.1, 0.15) is 23.9 Å². The fourth-order valence-corrected chi connectivity index (χ4v) is 3.84. The van der Waals surface area contributed by atoms with Crippen LogP contribution in [0.1, 0.15) is 33.5 Å². The zero-order valence-corrected chi connectivity index (χ0v) is 19.0. The first kappa shape index (κ1) is 22.8. The Morgan fingerprint density at radius 1 is 1.15 bits per heavy atom. The molecule has 1 aromatic carbocycles. The third kappa shape index (κ3) is 5.68. The van der Waals surface area contributed by atoms with Crippen LogP contribution in [0, 0.1) is 0 Å². The number of nitrogens with one attached hydrogen (secondary N) is 1. The normalized spacial score (nSPS) is 14.2. The SMILES string of the molecule is COCc1ccc(C(=O)NCc2nnc3n2CCN(C/C=C/c2ccccc2OC)CC3)o1. The van der Waals surface area contributed by atoms with Crippen molar-refractivity contribution < 1.29 is 18.7 Å². The van der Waals surface area contributed by atoms with E-state index in [9.17, 15) is 4.79 Å². The highest BCUT2D eigenvalue weighted by Crippen LogP contribution is 2.19. The molecule has 9 nitrogen and oxygen atoms in total. The monoisotopic (exact) mass is 451 g/mol. The number of rotatable bonds is 9. The fourth-order valence-electron chi connectivity index (χ4n) is 3.84.